The molecule has 0 fully saturated rings. The number of carboxylic acid groups (broad SMARTS) is 1. The molecule has 0 atom stereocenters. The van der Waals surface area contributed by atoms with Gasteiger partial charge in [0, 0.05) is 30.3 Å². The van der Waals surface area contributed by atoms with E-state index in [4.69, 9.17) is 10.8 Å². The number of hydrogen-bond acceptors (Lipinski definition) is 3. The highest BCUT2D eigenvalue weighted by atomic mass is 19.1. The van der Waals surface area contributed by atoms with Crippen molar-refractivity contribution in [1.29, 1.82) is 0 Å². The van der Waals surface area contributed by atoms with E-state index in [0.717, 1.165) is 6.07 Å². The zero-order valence-corrected chi connectivity index (χ0v) is 11.6. The summed E-state index contributed by atoms with van der Waals surface area (Å²) in [5, 5.41) is 8.71. The number of nitrogens with zero attached hydrogens (tertiary/aromatic N) is 1. The lowest BCUT2D eigenvalue weighted by Gasteiger charge is -2.26. The first-order valence-corrected chi connectivity index (χ1v) is 6.35. The van der Waals surface area contributed by atoms with Crippen LogP contribution >= 0.6 is 0 Å². The summed E-state index contributed by atoms with van der Waals surface area (Å²) in [6, 6.07) is 4.17. The Kier molecular flexibility index (Phi) is 5.64. The SMILES string of the molecule is CC(C)N(CCC(=O)O)Cc1ccc(C(N)=O)cc1F. The highest BCUT2D eigenvalue weighted by molar-refractivity contribution is 5.92. The van der Waals surface area contributed by atoms with Gasteiger partial charge in [-0.2, -0.15) is 0 Å². The largest absolute Gasteiger partial charge is 0.481 e. The lowest BCUT2D eigenvalue weighted by molar-refractivity contribution is -0.137. The summed E-state index contributed by atoms with van der Waals surface area (Å²) < 4.78 is 13.9. The van der Waals surface area contributed by atoms with Gasteiger partial charge in [0.25, 0.3) is 0 Å². The normalized spacial score (nSPS) is 11.1. The molecule has 5 nitrogen and oxygen atoms in total. The minimum absolute atomic E-state index is 0.000825. The molecule has 0 aliphatic heterocycles. The van der Waals surface area contributed by atoms with Crippen LogP contribution in [0.15, 0.2) is 18.2 Å². The molecule has 6 heteroatoms. The van der Waals surface area contributed by atoms with Gasteiger partial charge in [-0.05, 0) is 26.0 Å². The van der Waals surface area contributed by atoms with Crippen LogP contribution in [0.25, 0.3) is 0 Å². The van der Waals surface area contributed by atoms with Crippen molar-refractivity contribution < 1.29 is 19.1 Å². The molecular weight excluding hydrogens is 263 g/mol. The Morgan fingerprint density at radius 2 is 2.05 bits per heavy atom. The zero-order chi connectivity index (χ0) is 15.3. The van der Waals surface area contributed by atoms with Crippen molar-refractivity contribution >= 4 is 11.9 Å². The van der Waals surface area contributed by atoms with E-state index in [1.807, 2.05) is 18.7 Å². The third kappa shape index (κ3) is 4.62. The van der Waals surface area contributed by atoms with Crippen molar-refractivity contribution in [3.05, 3.63) is 35.1 Å². The molecule has 1 aromatic rings. The van der Waals surface area contributed by atoms with Gasteiger partial charge >= 0.3 is 5.97 Å². The smallest absolute Gasteiger partial charge is 0.304 e. The quantitative estimate of drug-likeness (QED) is 0.795. The number of hydrogen-bond donors (Lipinski definition) is 2. The molecule has 0 aromatic heterocycles. The molecule has 0 heterocycles. The number of carbonyl (C=O) groups excluding carboxylic acids is 1. The van der Waals surface area contributed by atoms with Crippen LogP contribution in [-0.4, -0.2) is 34.5 Å². The van der Waals surface area contributed by atoms with Crippen LogP contribution in [0.5, 0.6) is 0 Å². The van der Waals surface area contributed by atoms with Crippen molar-refractivity contribution in [2.45, 2.75) is 32.9 Å². The van der Waals surface area contributed by atoms with Crippen LogP contribution in [0.4, 0.5) is 4.39 Å². The molecule has 0 saturated heterocycles. The average molecular weight is 282 g/mol. The summed E-state index contributed by atoms with van der Waals surface area (Å²) in [5.41, 5.74) is 5.61. The first-order chi connectivity index (χ1) is 9.31. The monoisotopic (exact) mass is 282 g/mol. The number of nitrogens with two attached hydrogens (primary N) is 1. The van der Waals surface area contributed by atoms with E-state index in [1.54, 1.807) is 0 Å². The van der Waals surface area contributed by atoms with Crippen LogP contribution in [0.2, 0.25) is 0 Å². The topological polar surface area (TPSA) is 83.6 Å². The fourth-order valence-electron chi connectivity index (χ4n) is 1.81. The van der Waals surface area contributed by atoms with E-state index in [1.165, 1.54) is 12.1 Å². The number of halogens is 1. The molecular formula is C14H19FN2O3. The summed E-state index contributed by atoms with van der Waals surface area (Å²) in [4.78, 5) is 23.4. The Morgan fingerprint density at radius 3 is 2.50 bits per heavy atom. The zero-order valence-electron chi connectivity index (χ0n) is 11.6. The van der Waals surface area contributed by atoms with Crippen molar-refractivity contribution in [3.8, 4) is 0 Å². The molecule has 0 unspecified atom stereocenters. The predicted molar refractivity (Wildman–Crippen MR) is 72.7 cm³/mol. The Morgan fingerprint density at radius 1 is 1.40 bits per heavy atom. The van der Waals surface area contributed by atoms with Crippen molar-refractivity contribution in [3.63, 3.8) is 0 Å². The third-order valence-corrected chi connectivity index (χ3v) is 3.05. The van der Waals surface area contributed by atoms with E-state index >= 15 is 0 Å². The minimum atomic E-state index is -0.889. The summed E-state index contributed by atoms with van der Waals surface area (Å²) in [5.74, 6) is -2.08. The summed E-state index contributed by atoms with van der Waals surface area (Å²) in [7, 11) is 0. The summed E-state index contributed by atoms with van der Waals surface area (Å²) >= 11 is 0. The van der Waals surface area contributed by atoms with Gasteiger partial charge in [-0.15, -0.1) is 0 Å². The highest BCUT2D eigenvalue weighted by Gasteiger charge is 2.15. The van der Waals surface area contributed by atoms with E-state index in [0.29, 0.717) is 12.1 Å². The summed E-state index contributed by atoms with van der Waals surface area (Å²) in [6.07, 6.45) is -0.000825. The molecule has 1 aromatic carbocycles. The second kappa shape index (κ2) is 7.00. The molecule has 0 spiro atoms. The van der Waals surface area contributed by atoms with Crippen LogP contribution in [-0.2, 0) is 11.3 Å². The number of rotatable bonds is 7. The Balaban J connectivity index is 2.83. The van der Waals surface area contributed by atoms with Crippen molar-refractivity contribution in [1.82, 2.24) is 4.90 Å². The number of primary amides is 1. The summed E-state index contributed by atoms with van der Waals surface area (Å²) in [6.45, 7) is 4.45. The maximum Gasteiger partial charge on any atom is 0.304 e. The van der Waals surface area contributed by atoms with Gasteiger partial charge in [0.1, 0.15) is 5.82 Å². The lowest BCUT2D eigenvalue weighted by Crippen LogP contribution is -2.32. The molecule has 0 bridgehead atoms. The Bertz CT molecular complexity index is 503. The molecule has 0 aliphatic carbocycles. The number of carboxylic acids is 1. The van der Waals surface area contributed by atoms with Gasteiger partial charge in [0.15, 0.2) is 0 Å². The second-order valence-electron chi connectivity index (χ2n) is 4.88. The Labute approximate surface area is 117 Å². The van der Waals surface area contributed by atoms with Crippen LogP contribution < -0.4 is 5.73 Å². The molecule has 1 amide bonds. The Hall–Kier alpha value is -1.95. The maximum atomic E-state index is 13.9. The molecule has 3 N–H and O–H groups in total. The van der Waals surface area contributed by atoms with E-state index in [2.05, 4.69) is 0 Å². The van der Waals surface area contributed by atoms with E-state index in [-0.39, 0.29) is 24.6 Å². The van der Waals surface area contributed by atoms with Gasteiger partial charge < -0.3 is 10.8 Å². The van der Waals surface area contributed by atoms with Crippen molar-refractivity contribution in [2.75, 3.05) is 6.54 Å². The van der Waals surface area contributed by atoms with E-state index < -0.39 is 17.7 Å². The molecule has 20 heavy (non-hydrogen) atoms. The fourth-order valence-corrected chi connectivity index (χ4v) is 1.81. The van der Waals surface area contributed by atoms with Crippen LogP contribution in [0.1, 0.15) is 36.2 Å². The molecule has 1 rings (SSSR count). The standard InChI is InChI=1S/C14H19FN2O3/c1-9(2)17(6-5-13(18)19)8-11-4-3-10(14(16)20)7-12(11)15/h3-4,7,9H,5-6,8H2,1-2H3,(H2,16,20)(H,18,19). The fraction of sp³-hybridized carbons (Fsp3) is 0.429. The first kappa shape index (κ1) is 16.1. The number of amides is 1. The highest BCUT2D eigenvalue weighted by Crippen LogP contribution is 2.15. The molecule has 0 radical (unpaired) electrons. The molecule has 0 saturated carbocycles. The van der Waals surface area contributed by atoms with Crippen molar-refractivity contribution in [2.24, 2.45) is 5.73 Å². The molecule has 110 valence electrons. The van der Waals surface area contributed by atoms with Gasteiger partial charge in [-0.1, -0.05) is 6.07 Å². The van der Waals surface area contributed by atoms with Crippen LogP contribution in [0, 0.1) is 5.82 Å². The average Bonchev–Trinajstić information content (AvgIpc) is 2.35. The lowest BCUT2D eigenvalue weighted by atomic mass is 10.1. The van der Waals surface area contributed by atoms with Gasteiger partial charge in [-0.3, -0.25) is 14.5 Å². The second-order valence-corrected chi connectivity index (χ2v) is 4.88. The molecule has 0 aliphatic rings. The first-order valence-electron chi connectivity index (χ1n) is 6.35. The van der Waals surface area contributed by atoms with Gasteiger partial charge in [0.2, 0.25) is 5.91 Å². The van der Waals surface area contributed by atoms with Gasteiger partial charge in [-0.25, -0.2) is 4.39 Å². The number of carbonyl (C=O) groups is 2. The number of aliphatic carboxylic acids is 1. The van der Waals surface area contributed by atoms with Gasteiger partial charge in [0.05, 0.1) is 6.42 Å². The predicted octanol–water partition coefficient (Wildman–Crippen LogP) is 1.61. The number of benzene rings is 1. The minimum Gasteiger partial charge on any atom is -0.481 e. The maximum absolute atomic E-state index is 13.9. The van der Waals surface area contributed by atoms with E-state index in [9.17, 15) is 14.0 Å². The van der Waals surface area contributed by atoms with Crippen LogP contribution in [0.3, 0.4) is 0 Å². The third-order valence-electron chi connectivity index (χ3n) is 3.05.